The van der Waals surface area contributed by atoms with Crippen LogP contribution in [-0.2, 0) is 19.2 Å². The van der Waals surface area contributed by atoms with Crippen LogP contribution in [0.2, 0.25) is 0 Å². The van der Waals surface area contributed by atoms with Crippen LogP contribution in [0.5, 0.6) is 0 Å². The highest BCUT2D eigenvalue weighted by atomic mass is 16.4. The van der Waals surface area contributed by atoms with Crippen LogP contribution in [0.3, 0.4) is 0 Å². The Morgan fingerprint density at radius 2 is 1.45 bits per heavy atom. The number of aliphatic carboxylic acids is 1. The van der Waals surface area contributed by atoms with E-state index in [4.69, 9.17) is 5.73 Å². The standard InChI is InChI=1S/C20H38N4O5/c1-7-13(6)17(20(28)29)24-16(25)10-22-19(27)15(9-12(4)5)23-18(26)14(21)8-11(2)3/h11-15,17H,7-10,21H2,1-6H3,(H,22,27)(H,23,26)(H,24,25)(H,28,29). The normalized spacial score (nSPS) is 15.3. The first-order valence-electron chi connectivity index (χ1n) is 10.2. The molecule has 29 heavy (non-hydrogen) atoms. The highest BCUT2D eigenvalue weighted by molar-refractivity contribution is 5.92. The van der Waals surface area contributed by atoms with E-state index in [1.807, 2.05) is 34.6 Å². The Balaban J connectivity index is 4.87. The number of rotatable bonds is 13. The second-order valence-electron chi connectivity index (χ2n) is 8.41. The molecule has 0 aromatic rings. The van der Waals surface area contributed by atoms with Gasteiger partial charge in [0.2, 0.25) is 17.7 Å². The van der Waals surface area contributed by atoms with E-state index in [0.717, 1.165) is 0 Å². The van der Waals surface area contributed by atoms with Gasteiger partial charge < -0.3 is 26.8 Å². The minimum absolute atomic E-state index is 0.128. The van der Waals surface area contributed by atoms with E-state index in [-0.39, 0.29) is 24.3 Å². The number of carbonyl (C=O) groups is 4. The quantitative estimate of drug-likeness (QED) is 0.298. The summed E-state index contributed by atoms with van der Waals surface area (Å²) < 4.78 is 0. The van der Waals surface area contributed by atoms with Gasteiger partial charge >= 0.3 is 5.97 Å². The predicted molar refractivity (Wildman–Crippen MR) is 111 cm³/mol. The fourth-order valence-corrected chi connectivity index (χ4v) is 2.79. The third-order valence-electron chi connectivity index (χ3n) is 4.62. The first-order valence-corrected chi connectivity index (χ1v) is 10.2. The van der Waals surface area contributed by atoms with Crippen LogP contribution in [0.4, 0.5) is 0 Å². The summed E-state index contributed by atoms with van der Waals surface area (Å²) in [6, 6.07) is -2.56. The second-order valence-corrected chi connectivity index (χ2v) is 8.41. The Hall–Kier alpha value is -2.16. The number of carbonyl (C=O) groups excluding carboxylic acids is 3. The summed E-state index contributed by atoms with van der Waals surface area (Å²) in [5, 5.41) is 16.8. The zero-order chi connectivity index (χ0) is 22.7. The second kappa shape index (κ2) is 13.1. The van der Waals surface area contributed by atoms with Gasteiger partial charge in [0.05, 0.1) is 12.6 Å². The zero-order valence-electron chi connectivity index (χ0n) is 18.5. The smallest absolute Gasteiger partial charge is 0.326 e. The van der Waals surface area contributed by atoms with Gasteiger partial charge in [0.1, 0.15) is 12.1 Å². The monoisotopic (exact) mass is 414 g/mol. The Bertz CT molecular complexity index is 565. The van der Waals surface area contributed by atoms with E-state index >= 15 is 0 Å². The average molecular weight is 415 g/mol. The Morgan fingerprint density at radius 3 is 1.90 bits per heavy atom. The summed E-state index contributed by atoms with van der Waals surface area (Å²) >= 11 is 0. The molecule has 0 saturated carbocycles. The van der Waals surface area contributed by atoms with Gasteiger partial charge in [-0.1, -0.05) is 48.0 Å². The van der Waals surface area contributed by atoms with Crippen molar-refractivity contribution in [3.05, 3.63) is 0 Å². The van der Waals surface area contributed by atoms with E-state index < -0.39 is 41.8 Å². The molecule has 4 atom stereocenters. The van der Waals surface area contributed by atoms with Gasteiger partial charge in [0.25, 0.3) is 0 Å². The zero-order valence-corrected chi connectivity index (χ0v) is 18.5. The molecule has 0 radical (unpaired) electrons. The molecule has 3 amide bonds. The number of nitrogens with one attached hydrogen (secondary N) is 3. The van der Waals surface area contributed by atoms with Crippen molar-refractivity contribution in [3.63, 3.8) is 0 Å². The van der Waals surface area contributed by atoms with Gasteiger partial charge in [0.15, 0.2) is 0 Å². The maximum Gasteiger partial charge on any atom is 0.326 e. The molecule has 168 valence electrons. The lowest BCUT2D eigenvalue weighted by Crippen LogP contribution is -2.54. The Morgan fingerprint density at radius 1 is 0.897 bits per heavy atom. The van der Waals surface area contributed by atoms with E-state index in [2.05, 4.69) is 16.0 Å². The molecule has 0 aromatic carbocycles. The number of carboxylic acids is 1. The Kier molecular flexibility index (Phi) is 12.2. The lowest BCUT2D eigenvalue weighted by molar-refractivity contribution is -0.143. The molecular formula is C20H38N4O5. The van der Waals surface area contributed by atoms with Crippen molar-refractivity contribution in [2.24, 2.45) is 23.5 Å². The van der Waals surface area contributed by atoms with Crippen molar-refractivity contribution in [2.75, 3.05) is 6.54 Å². The van der Waals surface area contributed by atoms with Gasteiger partial charge in [0, 0.05) is 0 Å². The van der Waals surface area contributed by atoms with Gasteiger partial charge in [-0.05, 0) is 30.6 Å². The van der Waals surface area contributed by atoms with Crippen LogP contribution in [0.1, 0.15) is 60.8 Å². The topological polar surface area (TPSA) is 151 Å². The van der Waals surface area contributed by atoms with Crippen molar-refractivity contribution in [1.82, 2.24) is 16.0 Å². The van der Waals surface area contributed by atoms with Gasteiger partial charge in [-0.25, -0.2) is 4.79 Å². The maximum atomic E-state index is 12.5. The molecule has 0 aromatic heterocycles. The number of amides is 3. The number of carboxylic acid groups (broad SMARTS) is 1. The molecule has 6 N–H and O–H groups in total. The highest BCUT2D eigenvalue weighted by Crippen LogP contribution is 2.09. The molecule has 4 unspecified atom stereocenters. The first kappa shape index (κ1) is 26.8. The number of nitrogens with two attached hydrogens (primary N) is 1. The average Bonchev–Trinajstić information content (AvgIpc) is 2.61. The van der Waals surface area contributed by atoms with Crippen LogP contribution >= 0.6 is 0 Å². The molecule has 0 saturated heterocycles. The number of hydrogen-bond donors (Lipinski definition) is 5. The minimum Gasteiger partial charge on any atom is -0.480 e. The summed E-state index contributed by atoms with van der Waals surface area (Å²) in [6.45, 7) is 10.9. The van der Waals surface area contributed by atoms with Crippen LogP contribution in [0, 0.1) is 17.8 Å². The van der Waals surface area contributed by atoms with Crippen LogP contribution in [-0.4, -0.2) is 53.5 Å². The van der Waals surface area contributed by atoms with E-state index in [1.54, 1.807) is 6.92 Å². The maximum absolute atomic E-state index is 12.5. The van der Waals surface area contributed by atoms with E-state index in [0.29, 0.717) is 19.3 Å². The van der Waals surface area contributed by atoms with Crippen molar-refractivity contribution < 1.29 is 24.3 Å². The molecule has 9 nitrogen and oxygen atoms in total. The molecule has 0 fully saturated rings. The largest absolute Gasteiger partial charge is 0.480 e. The molecule has 0 aliphatic heterocycles. The lowest BCUT2D eigenvalue weighted by Gasteiger charge is -2.23. The highest BCUT2D eigenvalue weighted by Gasteiger charge is 2.27. The Labute approximate surface area is 173 Å². The first-order chi connectivity index (χ1) is 13.4. The van der Waals surface area contributed by atoms with Gasteiger partial charge in [-0.3, -0.25) is 14.4 Å². The van der Waals surface area contributed by atoms with Crippen LogP contribution in [0.25, 0.3) is 0 Å². The molecule has 0 rings (SSSR count). The fraction of sp³-hybridized carbons (Fsp3) is 0.800. The predicted octanol–water partition coefficient (Wildman–Crippen LogP) is 0.622. The van der Waals surface area contributed by atoms with Crippen LogP contribution in [0.15, 0.2) is 0 Å². The summed E-state index contributed by atoms with van der Waals surface area (Å²) in [7, 11) is 0. The van der Waals surface area contributed by atoms with Crippen molar-refractivity contribution in [3.8, 4) is 0 Å². The fourth-order valence-electron chi connectivity index (χ4n) is 2.79. The molecule has 9 heteroatoms. The third kappa shape index (κ3) is 10.8. The summed E-state index contributed by atoms with van der Waals surface area (Å²) in [5.41, 5.74) is 5.88. The summed E-state index contributed by atoms with van der Waals surface area (Å²) in [4.78, 5) is 48.2. The molecule has 0 spiro atoms. The molecule has 0 aliphatic carbocycles. The molecule has 0 aliphatic rings. The van der Waals surface area contributed by atoms with Crippen molar-refractivity contribution >= 4 is 23.7 Å². The van der Waals surface area contributed by atoms with Crippen molar-refractivity contribution in [1.29, 1.82) is 0 Å². The lowest BCUT2D eigenvalue weighted by atomic mass is 9.99. The summed E-state index contributed by atoms with van der Waals surface area (Å²) in [5.74, 6) is -2.52. The van der Waals surface area contributed by atoms with E-state index in [9.17, 15) is 24.3 Å². The molecular weight excluding hydrogens is 376 g/mol. The molecule has 0 heterocycles. The SMILES string of the molecule is CCC(C)C(NC(=O)CNC(=O)C(CC(C)C)NC(=O)C(N)CC(C)C)C(=O)O. The van der Waals surface area contributed by atoms with Crippen LogP contribution < -0.4 is 21.7 Å². The van der Waals surface area contributed by atoms with Crippen molar-refractivity contribution in [2.45, 2.75) is 78.9 Å². The van der Waals surface area contributed by atoms with E-state index in [1.165, 1.54) is 0 Å². The molecule has 0 bridgehead atoms. The summed E-state index contributed by atoms with van der Waals surface area (Å²) in [6.07, 6.45) is 1.47. The van der Waals surface area contributed by atoms with Gasteiger partial charge in [-0.2, -0.15) is 0 Å². The van der Waals surface area contributed by atoms with Gasteiger partial charge in [-0.15, -0.1) is 0 Å². The minimum atomic E-state index is -1.12. The third-order valence-corrected chi connectivity index (χ3v) is 4.62. The number of hydrogen-bond acceptors (Lipinski definition) is 5.